The molecule has 0 aromatic heterocycles. The zero-order valence-electron chi connectivity index (χ0n) is 27.5. The molecule has 0 saturated carbocycles. The van der Waals surface area contributed by atoms with E-state index in [0.29, 0.717) is 13.1 Å². The van der Waals surface area contributed by atoms with Crippen molar-refractivity contribution in [2.75, 3.05) is 63.8 Å². The van der Waals surface area contributed by atoms with Crippen LogP contribution in [0.1, 0.15) is 71.6 Å². The molecule has 2 aliphatic rings. The van der Waals surface area contributed by atoms with E-state index in [4.69, 9.17) is 0 Å². The molecule has 0 radical (unpaired) electrons. The molecule has 2 saturated heterocycles. The fourth-order valence-corrected chi connectivity index (χ4v) is 6.31. The first-order valence-corrected chi connectivity index (χ1v) is 17.3. The molecule has 4 rings (SSSR count). The molecule has 2 aromatic carbocycles. The third-order valence-electron chi connectivity index (χ3n) is 8.93. The monoisotopic (exact) mass is 618 g/mol. The second-order valence-electron chi connectivity index (χ2n) is 12.3. The topological polar surface area (TPSA) is 79.4 Å². The lowest BCUT2D eigenvalue weighted by molar-refractivity contribution is -0.127. The van der Waals surface area contributed by atoms with E-state index in [2.05, 4.69) is 24.1 Å². The number of carbonyl (C=O) groups is 3. The van der Waals surface area contributed by atoms with Gasteiger partial charge in [-0.1, -0.05) is 82.3 Å². The van der Waals surface area contributed by atoms with Crippen molar-refractivity contribution in [2.45, 2.75) is 77.7 Å². The van der Waals surface area contributed by atoms with Gasteiger partial charge in [0.15, 0.2) is 0 Å². The number of nitrogens with zero attached hydrogens (tertiary/aromatic N) is 5. The number of piperazine rings is 1. The number of benzene rings is 2. The van der Waals surface area contributed by atoms with Crippen LogP contribution in [0.5, 0.6) is 0 Å². The lowest BCUT2D eigenvalue weighted by Crippen LogP contribution is -2.64. The first-order valence-electron chi connectivity index (χ1n) is 17.3. The summed E-state index contributed by atoms with van der Waals surface area (Å²) in [6, 6.07) is 18.0. The number of anilines is 2. The van der Waals surface area contributed by atoms with Gasteiger partial charge in [0.1, 0.15) is 6.04 Å². The first kappa shape index (κ1) is 34.3. The maximum absolute atomic E-state index is 14.4. The molecule has 1 N–H and O–H groups in total. The summed E-state index contributed by atoms with van der Waals surface area (Å²) in [7, 11) is 0. The summed E-state index contributed by atoms with van der Waals surface area (Å²) in [4.78, 5) is 51.8. The van der Waals surface area contributed by atoms with Crippen LogP contribution in [0.15, 0.2) is 60.7 Å². The normalized spacial score (nSPS) is 17.2. The SMILES string of the molecule is CCCCCN(CCCCC)C(=O)N1CCN(C(=O)N(c2ccccc2)c2ccccc2)[C@H](C(=O)NCCN2CCCCC2)C1. The summed E-state index contributed by atoms with van der Waals surface area (Å²) in [5.74, 6) is -0.206. The number of para-hydroxylation sites is 2. The van der Waals surface area contributed by atoms with Gasteiger partial charge in [0.25, 0.3) is 0 Å². The number of amides is 5. The second kappa shape index (κ2) is 18.4. The molecule has 2 aliphatic heterocycles. The smallest absolute Gasteiger partial charge is 0.329 e. The van der Waals surface area contributed by atoms with Crippen LogP contribution in [0, 0.1) is 0 Å². The molecule has 2 heterocycles. The van der Waals surface area contributed by atoms with E-state index in [-0.39, 0.29) is 31.1 Å². The molecule has 2 aromatic rings. The molecule has 45 heavy (non-hydrogen) atoms. The van der Waals surface area contributed by atoms with Crippen LogP contribution in [-0.2, 0) is 4.79 Å². The molecule has 0 bridgehead atoms. The Hall–Kier alpha value is -3.59. The highest BCUT2D eigenvalue weighted by atomic mass is 16.2. The van der Waals surface area contributed by atoms with Crippen LogP contribution < -0.4 is 10.2 Å². The molecule has 0 aliphatic carbocycles. The van der Waals surface area contributed by atoms with Crippen molar-refractivity contribution in [3.05, 3.63) is 60.7 Å². The third kappa shape index (κ3) is 9.95. The Morgan fingerprint density at radius 2 is 1.31 bits per heavy atom. The predicted octanol–water partition coefficient (Wildman–Crippen LogP) is 6.34. The fraction of sp³-hybridized carbons (Fsp3) is 0.583. The van der Waals surface area contributed by atoms with E-state index in [0.717, 1.165) is 82.6 Å². The number of likely N-dealkylation sites (tertiary alicyclic amines) is 1. The Labute approximate surface area is 270 Å². The van der Waals surface area contributed by atoms with Gasteiger partial charge in [0.2, 0.25) is 5.91 Å². The molecule has 9 heteroatoms. The summed E-state index contributed by atoms with van der Waals surface area (Å²) >= 11 is 0. The fourth-order valence-electron chi connectivity index (χ4n) is 6.31. The average molecular weight is 619 g/mol. The number of nitrogens with one attached hydrogen (secondary N) is 1. The van der Waals surface area contributed by atoms with E-state index in [1.807, 2.05) is 65.6 Å². The number of carbonyl (C=O) groups excluding carboxylic acids is 3. The molecule has 246 valence electrons. The van der Waals surface area contributed by atoms with E-state index in [1.54, 1.807) is 14.7 Å². The average Bonchev–Trinajstić information content (AvgIpc) is 3.08. The standard InChI is InChI=1S/C36H54N6O3/c1-3-5-14-25-39(26-15-6-4-2)35(44)40-28-29-41(33(30-40)34(43)37-22-27-38-23-16-9-17-24-38)36(45)42(31-18-10-7-11-19-31)32-20-12-8-13-21-32/h7-8,10-13,18-21,33H,3-6,9,14-17,22-30H2,1-2H3,(H,37,43)/t33-/m0/s1. The Kier molecular flexibility index (Phi) is 14.0. The Bertz CT molecular complexity index is 1120. The molecule has 5 amide bonds. The summed E-state index contributed by atoms with van der Waals surface area (Å²) < 4.78 is 0. The van der Waals surface area contributed by atoms with E-state index in [9.17, 15) is 14.4 Å². The zero-order chi connectivity index (χ0) is 31.9. The van der Waals surface area contributed by atoms with Crippen LogP contribution in [0.2, 0.25) is 0 Å². The number of hydrogen-bond acceptors (Lipinski definition) is 4. The number of urea groups is 2. The van der Waals surface area contributed by atoms with Crippen molar-refractivity contribution in [1.82, 2.24) is 24.9 Å². The van der Waals surface area contributed by atoms with Gasteiger partial charge in [-0.2, -0.15) is 0 Å². The highest BCUT2D eigenvalue weighted by Crippen LogP contribution is 2.28. The zero-order valence-corrected chi connectivity index (χ0v) is 27.5. The lowest BCUT2D eigenvalue weighted by Gasteiger charge is -2.43. The second-order valence-corrected chi connectivity index (χ2v) is 12.3. The number of unbranched alkanes of at least 4 members (excludes halogenated alkanes) is 4. The summed E-state index contributed by atoms with van der Waals surface area (Å²) in [5, 5.41) is 3.13. The van der Waals surface area contributed by atoms with Crippen LogP contribution in [0.25, 0.3) is 0 Å². The van der Waals surface area contributed by atoms with Gasteiger partial charge in [-0.3, -0.25) is 9.69 Å². The van der Waals surface area contributed by atoms with Crippen molar-refractivity contribution in [2.24, 2.45) is 0 Å². The first-order chi connectivity index (χ1) is 22.0. The maximum atomic E-state index is 14.4. The Morgan fingerprint density at radius 1 is 0.733 bits per heavy atom. The van der Waals surface area contributed by atoms with Crippen molar-refractivity contribution < 1.29 is 14.4 Å². The predicted molar refractivity (Wildman–Crippen MR) is 182 cm³/mol. The third-order valence-corrected chi connectivity index (χ3v) is 8.93. The minimum absolute atomic E-state index is 0.0246. The van der Waals surface area contributed by atoms with Gasteiger partial charge < -0.3 is 24.9 Å². The van der Waals surface area contributed by atoms with E-state index < -0.39 is 6.04 Å². The minimum Gasteiger partial charge on any atom is -0.353 e. The molecule has 9 nitrogen and oxygen atoms in total. The van der Waals surface area contributed by atoms with Gasteiger partial charge in [0, 0.05) is 39.3 Å². The van der Waals surface area contributed by atoms with Crippen LogP contribution in [0.4, 0.5) is 21.0 Å². The quantitative estimate of drug-likeness (QED) is 0.251. The molecular weight excluding hydrogens is 564 g/mol. The number of rotatable bonds is 14. The highest BCUT2D eigenvalue weighted by molar-refractivity contribution is 6.01. The molecule has 1 atom stereocenters. The summed E-state index contributed by atoms with van der Waals surface area (Å²) in [6.07, 6.45) is 9.93. The highest BCUT2D eigenvalue weighted by Gasteiger charge is 2.40. The number of hydrogen-bond donors (Lipinski definition) is 1. The summed E-state index contributed by atoms with van der Waals surface area (Å²) in [6.45, 7) is 10.0. The van der Waals surface area contributed by atoms with Crippen molar-refractivity contribution in [3.8, 4) is 0 Å². The molecule has 2 fully saturated rings. The van der Waals surface area contributed by atoms with Crippen molar-refractivity contribution >= 4 is 29.3 Å². The van der Waals surface area contributed by atoms with Crippen molar-refractivity contribution in [3.63, 3.8) is 0 Å². The number of piperidine rings is 1. The Balaban J connectivity index is 1.55. The molecule has 0 unspecified atom stereocenters. The van der Waals surface area contributed by atoms with Gasteiger partial charge in [-0.15, -0.1) is 0 Å². The van der Waals surface area contributed by atoms with Gasteiger partial charge in [-0.25, -0.2) is 9.59 Å². The van der Waals surface area contributed by atoms with Gasteiger partial charge >= 0.3 is 12.1 Å². The molecule has 0 spiro atoms. The van der Waals surface area contributed by atoms with Crippen LogP contribution >= 0.6 is 0 Å². The van der Waals surface area contributed by atoms with Gasteiger partial charge in [0.05, 0.1) is 17.9 Å². The Morgan fingerprint density at radius 3 is 1.87 bits per heavy atom. The largest absolute Gasteiger partial charge is 0.353 e. The minimum atomic E-state index is -0.792. The van der Waals surface area contributed by atoms with Crippen LogP contribution in [-0.4, -0.2) is 103 Å². The van der Waals surface area contributed by atoms with E-state index >= 15 is 0 Å². The maximum Gasteiger partial charge on any atom is 0.329 e. The van der Waals surface area contributed by atoms with Crippen LogP contribution in [0.3, 0.4) is 0 Å². The molecular formula is C36H54N6O3. The van der Waals surface area contributed by atoms with E-state index in [1.165, 1.54) is 19.3 Å². The van der Waals surface area contributed by atoms with Gasteiger partial charge in [-0.05, 0) is 63.0 Å². The summed E-state index contributed by atoms with van der Waals surface area (Å²) in [5.41, 5.74) is 1.46. The lowest BCUT2D eigenvalue weighted by atomic mass is 10.1. The van der Waals surface area contributed by atoms with Crippen molar-refractivity contribution in [1.29, 1.82) is 0 Å².